The van der Waals surface area contributed by atoms with Gasteiger partial charge in [-0.1, -0.05) is 352 Å². The van der Waals surface area contributed by atoms with Gasteiger partial charge in [0.2, 0.25) is 0 Å². The second-order valence-electron chi connectivity index (χ2n) is 32.3. The standard InChI is InChI=1S/C96H174O16/c1-6-11-16-21-26-31-36-41-46-51-56-61-66-71-76-81-88(99)108-93(104,87(98)86-97)94(105,109-89(100)82-77-72-67-62-57-52-47-42-37-32-27-22-17-12-7-2)95(106,110-90(101)83-78-73-68-63-58-53-48-43-38-33-28-23-18-13-8-3)96(107,111-91(102)84-79-74-69-64-59-54-49-44-39-34-29-24-19-14-9-4)112-92(103)85-80-75-70-65-60-55-50-45-40-35-30-25-20-15-10-5/h41-50,87,97-98,104-107H,6-40,51-86H2,1-5H3/b46-41-,47-42-,48-43-,49-44-,50-45-/t87-,93+,94+,95+/m0/s1. The minimum Gasteiger partial charge on any atom is -0.423 e. The lowest BCUT2D eigenvalue weighted by Gasteiger charge is -2.51. The fraction of sp³-hybridized carbons (Fsp3) is 0.844. The van der Waals surface area contributed by atoms with Crippen molar-refractivity contribution in [2.24, 2.45) is 0 Å². The van der Waals surface area contributed by atoms with Gasteiger partial charge in [0.15, 0.2) is 0 Å². The number of ether oxygens (including phenoxy) is 5. The summed E-state index contributed by atoms with van der Waals surface area (Å²) in [5, 5.41) is 75.9. The number of hydrogen-bond acceptors (Lipinski definition) is 16. The number of rotatable bonds is 85. The van der Waals surface area contributed by atoms with Crippen molar-refractivity contribution >= 4 is 29.8 Å². The van der Waals surface area contributed by atoms with Gasteiger partial charge in [-0.25, -0.2) is 0 Å². The molecule has 4 atom stereocenters. The van der Waals surface area contributed by atoms with Crippen LogP contribution in [-0.2, 0) is 47.7 Å². The molecule has 0 radical (unpaired) electrons. The van der Waals surface area contributed by atoms with E-state index in [0.29, 0.717) is 64.2 Å². The molecule has 0 aliphatic rings. The highest BCUT2D eigenvalue weighted by Crippen LogP contribution is 2.47. The molecule has 0 fully saturated rings. The normalized spacial score (nSPS) is 14.1. The molecule has 0 saturated heterocycles. The van der Waals surface area contributed by atoms with Crippen LogP contribution in [0.1, 0.15) is 484 Å². The Balaban J connectivity index is 7.47. The fourth-order valence-electron chi connectivity index (χ4n) is 14.1. The van der Waals surface area contributed by atoms with E-state index < -0.39 is 98.0 Å². The molecule has 0 amide bonds. The van der Waals surface area contributed by atoms with Crippen molar-refractivity contribution < 1.29 is 78.3 Å². The topological polar surface area (TPSA) is 253 Å². The summed E-state index contributed by atoms with van der Waals surface area (Å²) in [6, 6.07) is 0. The minimum atomic E-state index is -4.69. The van der Waals surface area contributed by atoms with Gasteiger partial charge >= 0.3 is 53.2 Å². The van der Waals surface area contributed by atoms with Crippen LogP contribution in [0.5, 0.6) is 0 Å². The van der Waals surface area contributed by atoms with Crippen molar-refractivity contribution in [1.82, 2.24) is 0 Å². The molecule has 0 unspecified atom stereocenters. The van der Waals surface area contributed by atoms with E-state index in [-0.39, 0.29) is 32.1 Å². The Bertz CT molecular complexity index is 2280. The first kappa shape index (κ1) is 108. The van der Waals surface area contributed by atoms with Crippen LogP contribution in [0, 0.1) is 0 Å². The Kier molecular flexibility index (Phi) is 75.1. The monoisotopic (exact) mass is 1580 g/mol. The first-order chi connectivity index (χ1) is 54.5. The zero-order chi connectivity index (χ0) is 82.3. The lowest BCUT2D eigenvalue weighted by molar-refractivity contribution is -0.541. The van der Waals surface area contributed by atoms with E-state index in [1.807, 2.05) is 0 Å². The molecule has 0 spiro atoms. The Morgan fingerprint density at radius 2 is 0.393 bits per heavy atom. The van der Waals surface area contributed by atoms with Gasteiger partial charge in [-0.15, -0.1) is 0 Å². The van der Waals surface area contributed by atoms with Crippen LogP contribution in [0.25, 0.3) is 0 Å². The second-order valence-corrected chi connectivity index (χ2v) is 32.3. The first-order valence-electron chi connectivity index (χ1n) is 47.0. The molecule has 0 saturated carbocycles. The number of aliphatic hydroxyl groups is 6. The van der Waals surface area contributed by atoms with Crippen LogP contribution in [0.2, 0.25) is 0 Å². The molecule has 112 heavy (non-hydrogen) atoms. The Labute approximate surface area is 685 Å². The van der Waals surface area contributed by atoms with Crippen LogP contribution < -0.4 is 0 Å². The molecule has 0 rings (SSSR count). The Hall–Kier alpha value is -4.19. The van der Waals surface area contributed by atoms with Gasteiger partial charge in [-0.2, -0.15) is 0 Å². The first-order valence-corrected chi connectivity index (χ1v) is 47.0. The van der Waals surface area contributed by atoms with Crippen LogP contribution in [-0.4, -0.2) is 96.5 Å². The van der Waals surface area contributed by atoms with Crippen molar-refractivity contribution in [3.63, 3.8) is 0 Å². The highest BCUT2D eigenvalue weighted by atomic mass is 16.9. The summed E-state index contributed by atoms with van der Waals surface area (Å²) in [5.41, 5.74) is 0. The average molecular weight is 1580 g/mol. The molecule has 0 aliphatic carbocycles. The maximum absolute atomic E-state index is 14.6. The molecule has 654 valence electrons. The summed E-state index contributed by atoms with van der Waals surface area (Å²) in [6.07, 6.45) is 78.7. The summed E-state index contributed by atoms with van der Waals surface area (Å²) in [4.78, 5) is 72.3. The highest BCUT2D eigenvalue weighted by molar-refractivity contribution is 5.74. The quantitative estimate of drug-likeness (QED) is 0.0109. The molecule has 6 N–H and O–H groups in total. The third-order valence-electron chi connectivity index (χ3n) is 21.5. The van der Waals surface area contributed by atoms with E-state index in [0.717, 1.165) is 141 Å². The highest BCUT2D eigenvalue weighted by Gasteiger charge is 2.84. The third-order valence-corrected chi connectivity index (χ3v) is 21.5. The Morgan fingerprint density at radius 3 is 0.589 bits per heavy atom. The number of aliphatic hydroxyl groups excluding tert-OH is 2. The lowest BCUT2D eigenvalue weighted by Crippen LogP contribution is -2.83. The van der Waals surface area contributed by atoms with Crippen molar-refractivity contribution in [1.29, 1.82) is 0 Å². The predicted molar refractivity (Wildman–Crippen MR) is 461 cm³/mol. The smallest absolute Gasteiger partial charge is 0.423 e. The number of esters is 5. The summed E-state index contributed by atoms with van der Waals surface area (Å²) in [7, 11) is 0. The van der Waals surface area contributed by atoms with Crippen molar-refractivity contribution in [2.75, 3.05) is 6.61 Å². The molecular formula is C96H174O16. The van der Waals surface area contributed by atoms with Crippen LogP contribution in [0.15, 0.2) is 60.8 Å². The maximum Gasteiger partial charge on any atom is 0.451 e. The van der Waals surface area contributed by atoms with E-state index in [2.05, 4.69) is 95.4 Å². The number of allylic oxidation sites excluding steroid dienone is 10. The molecule has 0 aromatic rings. The zero-order valence-corrected chi connectivity index (χ0v) is 72.8. The van der Waals surface area contributed by atoms with Gasteiger partial charge in [-0.3, -0.25) is 24.0 Å². The second kappa shape index (κ2) is 78.0. The van der Waals surface area contributed by atoms with Crippen LogP contribution >= 0.6 is 0 Å². The molecule has 0 bridgehead atoms. The van der Waals surface area contributed by atoms with Gasteiger partial charge in [0.05, 0.1) is 6.61 Å². The van der Waals surface area contributed by atoms with Crippen molar-refractivity contribution in [3.05, 3.63) is 60.8 Å². The third kappa shape index (κ3) is 58.6. The average Bonchev–Trinajstić information content (AvgIpc) is 0.704. The van der Waals surface area contributed by atoms with E-state index in [4.69, 9.17) is 23.7 Å². The summed E-state index contributed by atoms with van der Waals surface area (Å²) in [5.74, 6) is -25.0. The lowest BCUT2D eigenvalue weighted by atomic mass is 9.88. The zero-order valence-electron chi connectivity index (χ0n) is 72.8. The number of carbonyl (C=O) groups is 5. The van der Waals surface area contributed by atoms with Gasteiger partial charge in [0.1, 0.15) is 6.10 Å². The molecular weight excluding hydrogens is 1410 g/mol. The predicted octanol–water partition coefficient (Wildman–Crippen LogP) is 26.0. The number of unbranched alkanes of at least 4 members (excludes halogenated alkanes) is 55. The van der Waals surface area contributed by atoms with E-state index in [9.17, 15) is 54.6 Å². The molecule has 0 heterocycles. The van der Waals surface area contributed by atoms with Crippen molar-refractivity contribution in [2.45, 2.75) is 514 Å². The van der Waals surface area contributed by atoms with Gasteiger partial charge in [-0.05, 0) is 161 Å². The minimum absolute atomic E-state index is 0.104. The fourth-order valence-corrected chi connectivity index (χ4v) is 14.1. The van der Waals surface area contributed by atoms with Gasteiger partial charge in [0.25, 0.3) is 0 Å². The molecule has 0 aliphatic heterocycles. The van der Waals surface area contributed by atoms with E-state index in [1.165, 1.54) is 180 Å². The number of carbonyl (C=O) groups excluding carboxylic acids is 5. The van der Waals surface area contributed by atoms with Crippen molar-refractivity contribution in [3.8, 4) is 0 Å². The largest absolute Gasteiger partial charge is 0.451 e. The van der Waals surface area contributed by atoms with Gasteiger partial charge < -0.3 is 54.3 Å². The van der Waals surface area contributed by atoms with Gasteiger partial charge in [0, 0.05) is 32.1 Å². The molecule has 0 aromatic heterocycles. The van der Waals surface area contributed by atoms with Crippen LogP contribution in [0.3, 0.4) is 0 Å². The van der Waals surface area contributed by atoms with Crippen LogP contribution in [0.4, 0.5) is 0 Å². The SMILES string of the molecule is CCCCCCCC/C=C\CCCCCCCC(=O)OC(O)(OC(=O)CCCCCCC/C=C\CCCCCCCC)[C@](O)(OC(=O)CCCCCCC/C=C\CCCCCCCC)[C@](O)(OC(=O)CCCCCCC/C=C\CCCCCCCC)[C@](O)(OC(=O)CCCCCCC/C=C\CCCCCCCC)[C@@H](O)CO. The summed E-state index contributed by atoms with van der Waals surface area (Å²) >= 11 is 0. The summed E-state index contributed by atoms with van der Waals surface area (Å²) in [6.45, 7) is 9.50. The number of hydrogen-bond donors (Lipinski definition) is 6. The summed E-state index contributed by atoms with van der Waals surface area (Å²) < 4.78 is 28.2. The van der Waals surface area contributed by atoms with E-state index in [1.54, 1.807) is 0 Å². The molecule has 16 nitrogen and oxygen atoms in total. The van der Waals surface area contributed by atoms with E-state index >= 15 is 0 Å². The molecule has 16 heteroatoms. The Morgan fingerprint density at radius 1 is 0.232 bits per heavy atom. The molecule has 0 aromatic carbocycles. The maximum atomic E-state index is 14.6.